The van der Waals surface area contributed by atoms with Gasteiger partial charge in [-0.05, 0) is 42.9 Å². The van der Waals surface area contributed by atoms with E-state index in [1.807, 2.05) is 12.1 Å². The number of benzene rings is 1. The Labute approximate surface area is 129 Å². The molecule has 1 aliphatic carbocycles. The predicted molar refractivity (Wildman–Crippen MR) is 85.0 cm³/mol. The van der Waals surface area contributed by atoms with E-state index in [1.54, 1.807) is 0 Å². The van der Waals surface area contributed by atoms with Crippen LogP contribution in [-0.2, 0) is 6.54 Å². The molecule has 0 spiro atoms. The van der Waals surface area contributed by atoms with Crippen molar-refractivity contribution < 1.29 is 4.74 Å². The van der Waals surface area contributed by atoms with Gasteiger partial charge in [0.15, 0.2) is 0 Å². The van der Waals surface area contributed by atoms with E-state index in [1.165, 1.54) is 29.7 Å². The smallest absolute Gasteiger partial charge is 0.299 e. The first-order valence-corrected chi connectivity index (χ1v) is 8.40. The Morgan fingerprint density at radius 1 is 1.29 bits per heavy atom. The van der Waals surface area contributed by atoms with Gasteiger partial charge in [0.2, 0.25) is 0 Å². The maximum absolute atomic E-state index is 5.77. The van der Waals surface area contributed by atoms with Crippen LogP contribution in [-0.4, -0.2) is 16.2 Å². The second kappa shape index (κ2) is 6.54. The van der Waals surface area contributed by atoms with E-state index in [0.717, 1.165) is 23.7 Å². The fourth-order valence-corrected chi connectivity index (χ4v) is 2.73. The van der Waals surface area contributed by atoms with E-state index >= 15 is 0 Å². The normalized spacial score (nSPS) is 15.9. The van der Waals surface area contributed by atoms with Gasteiger partial charge in [0.1, 0.15) is 10.8 Å². The second-order valence-electron chi connectivity index (χ2n) is 5.60. The lowest BCUT2D eigenvalue weighted by molar-refractivity contribution is 0.472. The first-order valence-electron chi connectivity index (χ1n) is 7.58. The monoisotopic (exact) mass is 303 g/mol. The lowest BCUT2D eigenvalue weighted by Gasteiger charge is -2.09. The van der Waals surface area contributed by atoms with Crippen LogP contribution in [0.25, 0.3) is 0 Å². The highest BCUT2D eigenvalue weighted by molar-refractivity contribution is 7.13. The maximum Gasteiger partial charge on any atom is 0.299 e. The summed E-state index contributed by atoms with van der Waals surface area (Å²) in [6, 6.07) is 8.95. The number of rotatable bonds is 7. The third-order valence-corrected chi connectivity index (χ3v) is 4.64. The molecular formula is C16H21N3OS. The lowest BCUT2D eigenvalue weighted by Crippen LogP contribution is -2.14. The average Bonchev–Trinajstić information content (AvgIpc) is 3.25. The topological polar surface area (TPSA) is 47.0 Å². The molecule has 1 fully saturated rings. The lowest BCUT2D eigenvalue weighted by atomic mass is 9.99. The second-order valence-corrected chi connectivity index (χ2v) is 6.62. The molecule has 1 aromatic heterocycles. The number of nitrogens with zero attached hydrogens (tertiary/aromatic N) is 2. The van der Waals surface area contributed by atoms with Crippen molar-refractivity contribution in [2.24, 2.45) is 0 Å². The molecule has 2 aromatic rings. The van der Waals surface area contributed by atoms with E-state index < -0.39 is 0 Å². The highest BCUT2D eigenvalue weighted by Gasteiger charge is 2.20. The van der Waals surface area contributed by atoms with Crippen molar-refractivity contribution >= 4 is 11.3 Å². The van der Waals surface area contributed by atoms with E-state index in [-0.39, 0.29) is 0 Å². The van der Waals surface area contributed by atoms with Gasteiger partial charge >= 0.3 is 0 Å². The minimum absolute atomic E-state index is 0.584. The molecular weight excluding hydrogens is 282 g/mol. The summed E-state index contributed by atoms with van der Waals surface area (Å²) < 4.78 is 5.77. The summed E-state index contributed by atoms with van der Waals surface area (Å²) in [6.07, 6.45) is 3.71. The van der Waals surface area contributed by atoms with E-state index in [4.69, 9.17) is 4.74 Å². The zero-order valence-corrected chi connectivity index (χ0v) is 13.3. The van der Waals surface area contributed by atoms with Gasteiger partial charge in [0.05, 0.1) is 6.54 Å². The van der Waals surface area contributed by atoms with E-state index in [9.17, 15) is 0 Å². The van der Waals surface area contributed by atoms with Crippen molar-refractivity contribution in [3.8, 4) is 10.9 Å². The molecule has 4 nitrogen and oxygen atoms in total. The van der Waals surface area contributed by atoms with Gasteiger partial charge in [0.25, 0.3) is 5.19 Å². The first-order chi connectivity index (χ1) is 10.2. The van der Waals surface area contributed by atoms with Gasteiger partial charge in [-0.1, -0.05) is 42.4 Å². The Morgan fingerprint density at radius 3 is 2.71 bits per heavy atom. The quantitative estimate of drug-likeness (QED) is 0.836. The standard InChI is InChI=1S/C16H21N3OS/c1-3-11(2)12-4-8-14(9-5-12)20-16-19-18-15(21-16)10-17-13-6-7-13/h4-5,8-9,11,13,17H,3,6-7,10H2,1-2H3. The summed E-state index contributed by atoms with van der Waals surface area (Å²) >= 11 is 1.51. The van der Waals surface area contributed by atoms with E-state index in [0.29, 0.717) is 17.2 Å². The summed E-state index contributed by atoms with van der Waals surface area (Å²) in [7, 11) is 0. The highest BCUT2D eigenvalue weighted by Crippen LogP contribution is 2.27. The minimum Gasteiger partial charge on any atom is -0.430 e. The summed E-state index contributed by atoms with van der Waals surface area (Å²) in [5.74, 6) is 1.40. The fraction of sp³-hybridized carbons (Fsp3) is 0.500. The third-order valence-electron chi connectivity index (χ3n) is 3.83. The molecule has 21 heavy (non-hydrogen) atoms. The van der Waals surface area contributed by atoms with Crippen LogP contribution in [0.3, 0.4) is 0 Å². The number of hydrogen-bond acceptors (Lipinski definition) is 5. The molecule has 0 bridgehead atoms. The van der Waals surface area contributed by atoms with Crippen molar-refractivity contribution in [2.75, 3.05) is 0 Å². The molecule has 0 amide bonds. The number of hydrogen-bond donors (Lipinski definition) is 1. The van der Waals surface area contributed by atoms with Crippen LogP contribution in [0, 0.1) is 0 Å². The van der Waals surface area contributed by atoms with Crippen LogP contribution in [0.15, 0.2) is 24.3 Å². The fourth-order valence-electron chi connectivity index (χ4n) is 2.07. The average molecular weight is 303 g/mol. The van der Waals surface area contributed by atoms with Crippen LogP contribution in [0.2, 0.25) is 0 Å². The van der Waals surface area contributed by atoms with Crippen molar-refractivity contribution in [3.05, 3.63) is 34.8 Å². The van der Waals surface area contributed by atoms with Crippen molar-refractivity contribution in [2.45, 2.75) is 51.6 Å². The molecule has 0 aliphatic heterocycles. The Morgan fingerprint density at radius 2 is 2.05 bits per heavy atom. The summed E-state index contributed by atoms with van der Waals surface area (Å²) in [6.45, 7) is 5.23. The molecule has 112 valence electrons. The predicted octanol–water partition coefficient (Wildman–Crippen LogP) is 4.10. The van der Waals surface area contributed by atoms with Gasteiger partial charge in [-0.15, -0.1) is 5.10 Å². The van der Waals surface area contributed by atoms with Crippen LogP contribution >= 0.6 is 11.3 Å². The van der Waals surface area contributed by atoms with Crippen LogP contribution in [0.5, 0.6) is 10.9 Å². The summed E-state index contributed by atoms with van der Waals surface area (Å²) in [5, 5.41) is 13.3. The van der Waals surface area contributed by atoms with Crippen molar-refractivity contribution in [1.82, 2.24) is 15.5 Å². The number of nitrogens with one attached hydrogen (secondary N) is 1. The molecule has 1 unspecified atom stereocenters. The Kier molecular flexibility index (Phi) is 4.51. The number of ether oxygens (including phenoxy) is 1. The summed E-state index contributed by atoms with van der Waals surface area (Å²) in [4.78, 5) is 0. The van der Waals surface area contributed by atoms with Crippen LogP contribution < -0.4 is 10.1 Å². The van der Waals surface area contributed by atoms with Crippen molar-refractivity contribution in [1.29, 1.82) is 0 Å². The molecule has 1 N–H and O–H groups in total. The van der Waals surface area contributed by atoms with Crippen LogP contribution in [0.1, 0.15) is 49.6 Å². The zero-order valence-electron chi connectivity index (χ0n) is 12.5. The Balaban J connectivity index is 1.57. The molecule has 1 heterocycles. The molecule has 1 saturated carbocycles. The van der Waals surface area contributed by atoms with Gasteiger partial charge in [0, 0.05) is 6.04 Å². The zero-order chi connectivity index (χ0) is 14.7. The molecule has 0 radical (unpaired) electrons. The van der Waals surface area contributed by atoms with E-state index in [2.05, 4.69) is 41.5 Å². The highest BCUT2D eigenvalue weighted by atomic mass is 32.1. The third kappa shape index (κ3) is 4.02. The molecule has 5 heteroatoms. The largest absolute Gasteiger partial charge is 0.430 e. The van der Waals surface area contributed by atoms with Gasteiger partial charge in [-0.25, -0.2) is 0 Å². The maximum atomic E-state index is 5.77. The summed E-state index contributed by atoms with van der Waals surface area (Å²) in [5.41, 5.74) is 1.34. The molecule has 1 aliphatic rings. The molecule has 0 saturated heterocycles. The molecule has 1 atom stereocenters. The molecule has 1 aromatic carbocycles. The number of aromatic nitrogens is 2. The van der Waals surface area contributed by atoms with Gasteiger partial charge < -0.3 is 10.1 Å². The Hall–Kier alpha value is -1.46. The Bertz CT molecular complexity index is 577. The van der Waals surface area contributed by atoms with Crippen molar-refractivity contribution in [3.63, 3.8) is 0 Å². The SMILES string of the molecule is CCC(C)c1ccc(Oc2nnc(CNC3CC3)s2)cc1. The van der Waals surface area contributed by atoms with Gasteiger partial charge in [-0.3, -0.25) is 0 Å². The minimum atomic E-state index is 0.584. The molecule has 3 rings (SSSR count). The van der Waals surface area contributed by atoms with Crippen LogP contribution in [0.4, 0.5) is 0 Å². The first kappa shape index (κ1) is 14.5. The van der Waals surface area contributed by atoms with Gasteiger partial charge in [-0.2, -0.15) is 0 Å².